The van der Waals surface area contributed by atoms with E-state index in [1.54, 1.807) is 12.1 Å². The molecule has 3 atom stereocenters. The molecule has 2 aliphatic rings. The fourth-order valence-electron chi connectivity index (χ4n) is 4.94. The molecule has 1 saturated heterocycles. The second-order valence-corrected chi connectivity index (χ2v) is 8.14. The van der Waals surface area contributed by atoms with Gasteiger partial charge < -0.3 is 10.4 Å². The summed E-state index contributed by atoms with van der Waals surface area (Å²) in [6.45, 7) is 1.89. The number of carbonyl (C=O) groups is 1. The van der Waals surface area contributed by atoms with Gasteiger partial charge in [-0.2, -0.15) is 13.2 Å². The minimum absolute atomic E-state index is 0.0938. The van der Waals surface area contributed by atoms with Crippen LogP contribution in [0.25, 0.3) is 0 Å². The molecule has 30 heavy (non-hydrogen) atoms. The number of fused-ring (bicyclic) bond motifs is 1. The van der Waals surface area contributed by atoms with Gasteiger partial charge >= 0.3 is 12.1 Å². The van der Waals surface area contributed by atoms with E-state index in [4.69, 9.17) is 0 Å². The molecule has 1 unspecified atom stereocenters. The minimum atomic E-state index is -4.35. The molecular weight excluding hydrogens is 400 g/mol. The van der Waals surface area contributed by atoms with Crippen molar-refractivity contribution in [3.63, 3.8) is 0 Å². The first-order valence-corrected chi connectivity index (χ1v) is 9.87. The summed E-state index contributed by atoms with van der Waals surface area (Å²) in [5.41, 5.74) is 0.0728. The Morgan fingerprint density at radius 3 is 2.40 bits per heavy atom. The van der Waals surface area contributed by atoms with E-state index in [1.165, 1.54) is 18.2 Å². The predicted octanol–water partition coefficient (Wildman–Crippen LogP) is 5.04. The highest BCUT2D eigenvalue weighted by Gasteiger charge is 2.43. The Kier molecular flexibility index (Phi) is 5.44. The average molecular weight is 422 g/mol. The molecule has 4 rings (SSSR count). The molecule has 8 heteroatoms. The van der Waals surface area contributed by atoms with E-state index in [2.05, 4.69) is 10.2 Å². The third-order valence-electron chi connectivity index (χ3n) is 6.24. The number of carboxylic acid groups (broad SMARTS) is 1. The highest BCUT2D eigenvalue weighted by Crippen LogP contribution is 2.48. The van der Waals surface area contributed by atoms with Crippen LogP contribution >= 0.6 is 0 Å². The lowest BCUT2D eigenvalue weighted by Gasteiger charge is -2.22. The Labute approximate surface area is 171 Å². The maximum absolute atomic E-state index is 13.3. The van der Waals surface area contributed by atoms with Gasteiger partial charge in [0.2, 0.25) is 0 Å². The number of likely N-dealkylation sites (tertiary alicyclic amines) is 1. The lowest BCUT2D eigenvalue weighted by molar-refractivity contribution is -0.138. The van der Waals surface area contributed by atoms with Gasteiger partial charge in [-0.15, -0.1) is 0 Å². The van der Waals surface area contributed by atoms with Crippen LogP contribution in [0.3, 0.4) is 0 Å². The van der Waals surface area contributed by atoms with Crippen molar-refractivity contribution < 1.29 is 27.5 Å². The molecule has 1 heterocycles. The molecule has 0 spiro atoms. The van der Waals surface area contributed by atoms with Crippen LogP contribution in [0.2, 0.25) is 0 Å². The van der Waals surface area contributed by atoms with Crippen LogP contribution in [-0.4, -0.2) is 35.7 Å². The fourth-order valence-corrected chi connectivity index (χ4v) is 4.94. The standard InChI is InChI=1S/C22H22F4N2O2/c23-16-5-6-20(18(9-16)21(29)30)27-12-28-10-14-7-13(8-15(14)11-28)17-3-1-2-4-19(17)22(24,25)26/h1-6,9,13-15,27H,7-8,10-12H2,(H,29,30)/t13?,14-,15+. The maximum atomic E-state index is 13.3. The van der Waals surface area contributed by atoms with Gasteiger partial charge in [-0.25, -0.2) is 9.18 Å². The van der Waals surface area contributed by atoms with E-state index in [-0.39, 0.29) is 11.5 Å². The lowest BCUT2D eigenvalue weighted by atomic mass is 9.91. The molecule has 0 bridgehead atoms. The normalized spacial score (nSPS) is 24.1. The van der Waals surface area contributed by atoms with Crippen molar-refractivity contribution in [2.75, 3.05) is 25.1 Å². The van der Waals surface area contributed by atoms with E-state index in [0.29, 0.717) is 42.6 Å². The number of anilines is 1. The summed E-state index contributed by atoms with van der Waals surface area (Å²) in [4.78, 5) is 13.4. The van der Waals surface area contributed by atoms with Gasteiger partial charge in [0.15, 0.2) is 0 Å². The molecule has 2 N–H and O–H groups in total. The zero-order valence-electron chi connectivity index (χ0n) is 16.1. The molecule has 160 valence electrons. The van der Waals surface area contributed by atoms with Gasteiger partial charge in [0.05, 0.1) is 17.8 Å². The predicted molar refractivity (Wildman–Crippen MR) is 104 cm³/mol. The number of rotatable bonds is 5. The van der Waals surface area contributed by atoms with Crippen LogP contribution in [-0.2, 0) is 6.18 Å². The van der Waals surface area contributed by atoms with Crippen LogP contribution in [0.4, 0.5) is 23.2 Å². The summed E-state index contributed by atoms with van der Waals surface area (Å²) < 4.78 is 53.4. The summed E-state index contributed by atoms with van der Waals surface area (Å²) in [5, 5.41) is 12.3. The second-order valence-electron chi connectivity index (χ2n) is 8.14. The quantitative estimate of drug-likeness (QED) is 0.663. The van der Waals surface area contributed by atoms with Gasteiger partial charge in [-0.05, 0) is 60.4 Å². The largest absolute Gasteiger partial charge is 0.478 e. The van der Waals surface area contributed by atoms with Gasteiger partial charge in [0, 0.05) is 18.8 Å². The number of benzene rings is 2. The molecule has 1 aliphatic heterocycles. The summed E-state index contributed by atoms with van der Waals surface area (Å²) in [5.74, 6) is -1.29. The van der Waals surface area contributed by atoms with E-state index < -0.39 is 23.5 Å². The lowest BCUT2D eigenvalue weighted by Crippen LogP contribution is -2.29. The SMILES string of the molecule is O=C(O)c1cc(F)ccc1NCN1C[C@H]2CC(c3ccccc3C(F)(F)F)C[C@H]2C1. The Morgan fingerprint density at radius 1 is 1.10 bits per heavy atom. The molecule has 2 aromatic carbocycles. The first-order chi connectivity index (χ1) is 14.2. The zero-order chi connectivity index (χ0) is 21.5. The Balaban J connectivity index is 1.38. The van der Waals surface area contributed by atoms with Crippen LogP contribution in [0.15, 0.2) is 42.5 Å². The topological polar surface area (TPSA) is 52.6 Å². The van der Waals surface area contributed by atoms with E-state index >= 15 is 0 Å². The Hall–Kier alpha value is -2.61. The van der Waals surface area contributed by atoms with Gasteiger partial charge in [-0.3, -0.25) is 4.90 Å². The molecule has 0 aromatic heterocycles. The van der Waals surface area contributed by atoms with Gasteiger partial charge in [0.25, 0.3) is 0 Å². The average Bonchev–Trinajstić information content (AvgIpc) is 3.25. The first kappa shape index (κ1) is 20.7. The second kappa shape index (κ2) is 7.91. The van der Waals surface area contributed by atoms with Gasteiger partial charge in [0.1, 0.15) is 5.82 Å². The zero-order valence-corrected chi connectivity index (χ0v) is 16.1. The van der Waals surface area contributed by atoms with Crippen molar-refractivity contribution in [1.29, 1.82) is 0 Å². The molecule has 2 fully saturated rings. The van der Waals surface area contributed by atoms with Gasteiger partial charge in [-0.1, -0.05) is 18.2 Å². The minimum Gasteiger partial charge on any atom is -0.478 e. The summed E-state index contributed by atoms with van der Waals surface area (Å²) in [6, 6.07) is 9.42. The third kappa shape index (κ3) is 4.14. The Bertz CT molecular complexity index is 933. The first-order valence-electron chi connectivity index (χ1n) is 9.87. The summed E-state index contributed by atoms with van der Waals surface area (Å²) >= 11 is 0. The number of nitrogens with one attached hydrogen (secondary N) is 1. The smallest absolute Gasteiger partial charge is 0.416 e. The number of hydrogen-bond acceptors (Lipinski definition) is 3. The van der Waals surface area contributed by atoms with E-state index in [1.807, 2.05) is 0 Å². The van der Waals surface area contributed by atoms with E-state index in [0.717, 1.165) is 25.2 Å². The third-order valence-corrected chi connectivity index (χ3v) is 6.24. The number of aromatic carboxylic acids is 1. The summed E-state index contributed by atoms with van der Waals surface area (Å²) in [7, 11) is 0. The maximum Gasteiger partial charge on any atom is 0.416 e. The number of carboxylic acids is 1. The Morgan fingerprint density at radius 2 is 1.77 bits per heavy atom. The highest BCUT2D eigenvalue weighted by molar-refractivity contribution is 5.94. The molecule has 1 saturated carbocycles. The molecule has 2 aromatic rings. The molecule has 1 aliphatic carbocycles. The molecular formula is C22H22F4N2O2. The fraction of sp³-hybridized carbons (Fsp3) is 0.409. The monoisotopic (exact) mass is 422 g/mol. The van der Waals surface area contributed by atoms with Crippen molar-refractivity contribution >= 4 is 11.7 Å². The molecule has 0 radical (unpaired) electrons. The van der Waals surface area contributed by atoms with Crippen LogP contribution in [0, 0.1) is 17.7 Å². The van der Waals surface area contributed by atoms with Crippen molar-refractivity contribution in [3.05, 3.63) is 65.0 Å². The number of nitrogens with zero attached hydrogens (tertiary/aromatic N) is 1. The van der Waals surface area contributed by atoms with Crippen LogP contribution < -0.4 is 5.32 Å². The van der Waals surface area contributed by atoms with Crippen LogP contribution in [0.5, 0.6) is 0 Å². The van der Waals surface area contributed by atoms with E-state index in [9.17, 15) is 27.5 Å². The van der Waals surface area contributed by atoms with Crippen molar-refractivity contribution in [1.82, 2.24) is 4.90 Å². The summed E-state index contributed by atoms with van der Waals surface area (Å²) in [6.07, 6.45) is -2.92. The number of halogens is 4. The molecule has 4 nitrogen and oxygen atoms in total. The van der Waals surface area contributed by atoms with Crippen molar-refractivity contribution in [2.45, 2.75) is 24.9 Å². The number of alkyl halides is 3. The van der Waals surface area contributed by atoms with Crippen molar-refractivity contribution in [3.8, 4) is 0 Å². The van der Waals surface area contributed by atoms with Crippen molar-refractivity contribution in [2.24, 2.45) is 11.8 Å². The van der Waals surface area contributed by atoms with Crippen LogP contribution in [0.1, 0.15) is 40.2 Å². The molecule has 0 amide bonds. The number of hydrogen-bond donors (Lipinski definition) is 2. The highest BCUT2D eigenvalue weighted by atomic mass is 19.4.